The molecule has 6 nitrogen and oxygen atoms in total. The zero-order valence-corrected chi connectivity index (χ0v) is 16.7. The Kier molecular flexibility index (Phi) is 5.10. The van der Waals surface area contributed by atoms with Crippen molar-refractivity contribution in [1.82, 2.24) is 4.98 Å². The van der Waals surface area contributed by atoms with Crippen LogP contribution in [0.4, 0.5) is 10.5 Å². The van der Waals surface area contributed by atoms with Crippen LogP contribution in [0.15, 0.2) is 96.0 Å². The summed E-state index contributed by atoms with van der Waals surface area (Å²) in [5, 5.41) is 3.83. The second-order valence-corrected chi connectivity index (χ2v) is 7.31. The number of aromatic nitrogens is 1. The summed E-state index contributed by atoms with van der Waals surface area (Å²) < 4.78 is 11.6. The number of carbonyl (C=O) groups excluding carboxylic acids is 1. The summed E-state index contributed by atoms with van der Waals surface area (Å²) in [6.45, 7) is 0.204. The Hall–Kier alpha value is -4.06. The average molecular weight is 411 g/mol. The molecule has 3 aromatic carbocycles. The maximum absolute atomic E-state index is 12.5. The number of benzene rings is 3. The van der Waals surface area contributed by atoms with Gasteiger partial charge in [0.05, 0.1) is 0 Å². The van der Waals surface area contributed by atoms with E-state index in [0.29, 0.717) is 11.6 Å². The first kappa shape index (κ1) is 18.9. The van der Waals surface area contributed by atoms with Gasteiger partial charge in [-0.2, -0.15) is 0 Å². The Labute approximate surface area is 179 Å². The Morgan fingerprint density at radius 3 is 2.45 bits per heavy atom. The lowest BCUT2D eigenvalue weighted by Crippen LogP contribution is -2.36. The Balaban J connectivity index is 1.42. The van der Waals surface area contributed by atoms with E-state index in [1.807, 2.05) is 78.9 Å². The first-order valence-electron chi connectivity index (χ1n) is 10.1. The van der Waals surface area contributed by atoms with E-state index < -0.39 is 12.2 Å². The summed E-state index contributed by atoms with van der Waals surface area (Å²) >= 11 is 0. The molecule has 0 saturated heterocycles. The summed E-state index contributed by atoms with van der Waals surface area (Å²) in [5.74, 6) is 0.508. The number of fused-ring (bicyclic) bond motifs is 1. The van der Waals surface area contributed by atoms with Gasteiger partial charge in [0.25, 0.3) is 0 Å². The largest absolute Gasteiger partial charge is 0.472 e. The van der Waals surface area contributed by atoms with Crippen LogP contribution < -0.4 is 5.32 Å². The third-order valence-electron chi connectivity index (χ3n) is 5.17. The molecule has 1 aromatic heterocycles. The smallest absolute Gasteiger partial charge is 0.412 e. The van der Waals surface area contributed by atoms with Gasteiger partial charge >= 0.3 is 6.09 Å². The molecule has 2 unspecified atom stereocenters. The van der Waals surface area contributed by atoms with Gasteiger partial charge in [0.2, 0.25) is 5.90 Å². The zero-order valence-electron chi connectivity index (χ0n) is 16.7. The Morgan fingerprint density at radius 2 is 1.68 bits per heavy atom. The highest BCUT2D eigenvalue weighted by Crippen LogP contribution is 2.29. The van der Waals surface area contributed by atoms with Crippen molar-refractivity contribution >= 4 is 28.6 Å². The van der Waals surface area contributed by atoms with Gasteiger partial charge in [0.15, 0.2) is 6.10 Å². The van der Waals surface area contributed by atoms with Crippen LogP contribution in [0, 0.1) is 0 Å². The molecule has 6 heteroatoms. The molecular weight excluding hydrogens is 390 g/mol. The molecule has 2 N–H and O–H groups in total. The fourth-order valence-electron chi connectivity index (χ4n) is 3.68. The minimum absolute atomic E-state index is 0.204. The molecule has 2 heterocycles. The number of para-hydroxylation sites is 2. The van der Waals surface area contributed by atoms with E-state index in [1.54, 1.807) is 12.1 Å². The number of hydrogen-bond acceptors (Lipinski definition) is 4. The zero-order chi connectivity index (χ0) is 21.0. The molecule has 1 amide bonds. The van der Waals surface area contributed by atoms with Gasteiger partial charge in [0.1, 0.15) is 18.3 Å². The molecule has 31 heavy (non-hydrogen) atoms. The normalized spacial score (nSPS) is 18.1. The van der Waals surface area contributed by atoms with Gasteiger partial charge in [-0.25, -0.2) is 9.79 Å². The molecular formula is C25H21N3O3. The summed E-state index contributed by atoms with van der Waals surface area (Å²) in [6, 6.07) is 28.7. The fourth-order valence-corrected chi connectivity index (χ4v) is 3.68. The van der Waals surface area contributed by atoms with E-state index in [-0.39, 0.29) is 12.6 Å². The van der Waals surface area contributed by atoms with E-state index in [0.717, 1.165) is 22.2 Å². The van der Waals surface area contributed by atoms with Crippen molar-refractivity contribution in [1.29, 1.82) is 0 Å². The lowest BCUT2D eigenvalue weighted by atomic mass is 10.0. The van der Waals surface area contributed by atoms with E-state index in [2.05, 4.69) is 10.3 Å². The second kappa shape index (κ2) is 8.36. The maximum atomic E-state index is 12.5. The number of nitrogens with one attached hydrogen (secondary N) is 2. The number of anilines is 1. The van der Waals surface area contributed by atoms with Crippen molar-refractivity contribution in [3.63, 3.8) is 0 Å². The van der Waals surface area contributed by atoms with E-state index in [4.69, 9.17) is 14.5 Å². The standard InChI is InChI=1S/C25H21N3O3/c29-25(26-19-12-5-2-6-13-19)31-22-16-30-24(28-23(22)17-9-3-1-4-10-17)21-15-18-11-7-8-14-20(18)27-21/h1-15,22-23,27H,16H2,(H,26,29). The molecule has 154 valence electrons. The predicted molar refractivity (Wildman–Crippen MR) is 120 cm³/mol. The van der Waals surface area contributed by atoms with Crippen LogP contribution in [0.3, 0.4) is 0 Å². The van der Waals surface area contributed by atoms with Crippen LogP contribution in [-0.2, 0) is 9.47 Å². The van der Waals surface area contributed by atoms with E-state index in [1.165, 1.54) is 0 Å². The topological polar surface area (TPSA) is 75.7 Å². The van der Waals surface area contributed by atoms with Crippen molar-refractivity contribution in [3.05, 3.63) is 102 Å². The number of ether oxygens (including phenoxy) is 2. The first-order chi connectivity index (χ1) is 15.3. The Bertz CT molecular complexity index is 1190. The number of amides is 1. The lowest BCUT2D eigenvalue weighted by Gasteiger charge is -2.29. The number of H-pyrrole nitrogens is 1. The number of aliphatic imine (C=N–C) groups is 1. The first-order valence-corrected chi connectivity index (χ1v) is 10.1. The van der Waals surface area contributed by atoms with Gasteiger partial charge in [-0.1, -0.05) is 66.7 Å². The lowest BCUT2D eigenvalue weighted by molar-refractivity contribution is 0.0439. The summed E-state index contributed by atoms with van der Waals surface area (Å²) in [5.41, 5.74) is 3.44. The molecule has 0 fully saturated rings. The van der Waals surface area contributed by atoms with Crippen LogP contribution >= 0.6 is 0 Å². The summed E-state index contributed by atoms with van der Waals surface area (Å²) in [7, 11) is 0. The highest BCUT2D eigenvalue weighted by molar-refractivity contribution is 5.98. The number of carbonyl (C=O) groups is 1. The third kappa shape index (κ3) is 4.14. The van der Waals surface area contributed by atoms with Crippen molar-refractivity contribution in [2.45, 2.75) is 12.1 Å². The molecule has 1 aliphatic rings. The highest BCUT2D eigenvalue weighted by Gasteiger charge is 2.33. The fraction of sp³-hybridized carbons (Fsp3) is 0.120. The van der Waals surface area contributed by atoms with Gasteiger partial charge in [0, 0.05) is 16.6 Å². The molecule has 0 aliphatic carbocycles. The van der Waals surface area contributed by atoms with Crippen LogP contribution in [-0.4, -0.2) is 29.7 Å². The second-order valence-electron chi connectivity index (χ2n) is 7.31. The molecule has 0 radical (unpaired) electrons. The molecule has 0 spiro atoms. The molecule has 1 aliphatic heterocycles. The van der Waals surface area contributed by atoms with Crippen molar-refractivity contribution < 1.29 is 14.3 Å². The number of rotatable bonds is 4. The van der Waals surface area contributed by atoms with Crippen molar-refractivity contribution in [3.8, 4) is 0 Å². The monoisotopic (exact) mass is 411 g/mol. The molecule has 4 aromatic rings. The van der Waals surface area contributed by atoms with Crippen LogP contribution in [0.5, 0.6) is 0 Å². The van der Waals surface area contributed by atoms with Gasteiger partial charge in [-0.3, -0.25) is 5.32 Å². The average Bonchev–Trinajstić information content (AvgIpc) is 3.25. The quantitative estimate of drug-likeness (QED) is 0.478. The third-order valence-corrected chi connectivity index (χ3v) is 5.17. The minimum Gasteiger partial charge on any atom is -0.472 e. The van der Waals surface area contributed by atoms with Gasteiger partial charge in [-0.15, -0.1) is 0 Å². The van der Waals surface area contributed by atoms with Crippen LogP contribution in [0.25, 0.3) is 10.9 Å². The number of nitrogens with zero attached hydrogens (tertiary/aromatic N) is 1. The Morgan fingerprint density at radius 1 is 0.968 bits per heavy atom. The van der Waals surface area contributed by atoms with Gasteiger partial charge in [-0.05, 0) is 29.8 Å². The van der Waals surface area contributed by atoms with Gasteiger partial charge < -0.3 is 14.5 Å². The minimum atomic E-state index is -0.556. The van der Waals surface area contributed by atoms with Crippen LogP contribution in [0.2, 0.25) is 0 Å². The maximum Gasteiger partial charge on any atom is 0.412 e. The molecule has 0 saturated carbocycles. The SMILES string of the molecule is O=C(Nc1ccccc1)OC1COC(c2cc3ccccc3[nH]2)=NC1c1ccccc1. The summed E-state index contributed by atoms with van der Waals surface area (Å²) in [4.78, 5) is 20.6. The number of hydrogen-bond donors (Lipinski definition) is 2. The van der Waals surface area contributed by atoms with E-state index in [9.17, 15) is 4.79 Å². The molecule has 5 rings (SSSR count). The number of aromatic amines is 1. The predicted octanol–water partition coefficient (Wildman–Crippen LogP) is 5.30. The van der Waals surface area contributed by atoms with E-state index >= 15 is 0 Å². The van der Waals surface area contributed by atoms with Crippen LogP contribution in [0.1, 0.15) is 17.3 Å². The highest BCUT2D eigenvalue weighted by atomic mass is 16.6. The van der Waals surface area contributed by atoms with Crippen molar-refractivity contribution in [2.75, 3.05) is 11.9 Å². The molecule has 0 bridgehead atoms. The molecule has 2 atom stereocenters. The van der Waals surface area contributed by atoms with Crippen molar-refractivity contribution in [2.24, 2.45) is 4.99 Å². The summed E-state index contributed by atoms with van der Waals surface area (Å²) in [6.07, 6.45) is -1.09.